The molecule has 12 bridgehead atoms. The molecule has 6 N–H and O–H groups in total. The fraction of sp³-hybridized carbons (Fsp3) is 0.556. The van der Waals surface area contributed by atoms with E-state index in [1.165, 1.54) is 132 Å². The van der Waals surface area contributed by atoms with Crippen molar-refractivity contribution in [2.75, 3.05) is 17.2 Å². The Kier molecular flexibility index (Phi) is 7.93. The van der Waals surface area contributed by atoms with E-state index in [2.05, 4.69) is 36.4 Å². The Morgan fingerprint density at radius 1 is 0.300 bits per heavy atom. The molecule has 12 aliphatic rings. The van der Waals surface area contributed by atoms with Crippen molar-refractivity contribution in [2.45, 2.75) is 132 Å². The quantitative estimate of drug-likeness (QED) is 0.146. The van der Waals surface area contributed by atoms with Gasteiger partial charge in [-0.15, -0.1) is 0 Å². The zero-order valence-electron chi connectivity index (χ0n) is 35.3. The van der Waals surface area contributed by atoms with Crippen LogP contribution in [0, 0.1) is 53.3 Å². The predicted molar refractivity (Wildman–Crippen MR) is 239 cm³/mol. The SMILES string of the molecule is Nc1ccc(Oc2c(C34CC5CC(CC(C5)C3)C4)c(Oc3ccc(N)cc3)c(C34CC5CC(CC(C5)C3)C4)c(Oc3ccc(N)cc3)c2C23CC4CC(CC(C4)C2)C3)cc1. The average molecular weight is 802 g/mol. The lowest BCUT2D eigenvalue weighted by Crippen LogP contribution is -2.52. The van der Waals surface area contributed by atoms with E-state index >= 15 is 0 Å². The zero-order chi connectivity index (χ0) is 40.0. The Bertz CT molecular complexity index is 1940. The summed E-state index contributed by atoms with van der Waals surface area (Å²) < 4.78 is 23.4. The molecule has 0 aromatic heterocycles. The number of nitrogen functional groups attached to an aromatic ring is 3. The summed E-state index contributed by atoms with van der Waals surface area (Å²) in [6.45, 7) is 0. The Hall–Kier alpha value is -4.32. The lowest BCUT2D eigenvalue weighted by atomic mass is 9.44. The Labute approximate surface area is 356 Å². The van der Waals surface area contributed by atoms with Crippen molar-refractivity contribution in [3.05, 3.63) is 89.5 Å². The first kappa shape index (κ1) is 36.3. The molecule has 0 atom stereocenters. The van der Waals surface area contributed by atoms with E-state index in [1.54, 1.807) is 0 Å². The molecule has 4 aromatic carbocycles. The summed E-state index contributed by atoms with van der Waals surface area (Å²) in [5.41, 5.74) is 25.4. The van der Waals surface area contributed by atoms with Crippen molar-refractivity contribution in [3.8, 4) is 34.5 Å². The van der Waals surface area contributed by atoms with E-state index < -0.39 is 0 Å². The molecule has 0 aliphatic heterocycles. The van der Waals surface area contributed by atoms with Gasteiger partial charge in [0.05, 0.1) is 0 Å². The second-order valence-corrected chi connectivity index (χ2v) is 22.7. The number of hydrogen-bond acceptors (Lipinski definition) is 6. The van der Waals surface area contributed by atoms with Crippen LogP contribution in [0.3, 0.4) is 0 Å². The van der Waals surface area contributed by atoms with Gasteiger partial charge in [0, 0.05) is 50.0 Å². The molecule has 60 heavy (non-hydrogen) atoms. The van der Waals surface area contributed by atoms with Crippen molar-refractivity contribution < 1.29 is 14.2 Å². The van der Waals surface area contributed by atoms with Crippen LogP contribution < -0.4 is 31.4 Å². The maximum Gasteiger partial charge on any atom is 0.142 e. The lowest BCUT2D eigenvalue weighted by molar-refractivity contribution is -0.0152. The molecular weight excluding hydrogens is 739 g/mol. The maximum atomic E-state index is 7.79. The van der Waals surface area contributed by atoms with Gasteiger partial charge < -0.3 is 31.4 Å². The maximum absolute atomic E-state index is 7.79. The third-order valence-corrected chi connectivity index (χ3v) is 18.4. The molecule has 6 nitrogen and oxygen atoms in total. The van der Waals surface area contributed by atoms with Crippen LogP contribution in [0.1, 0.15) is 132 Å². The summed E-state index contributed by atoms with van der Waals surface area (Å²) in [5, 5.41) is 0. The topological polar surface area (TPSA) is 106 Å². The predicted octanol–water partition coefficient (Wildman–Crippen LogP) is 13.2. The summed E-state index contributed by atoms with van der Waals surface area (Å²) in [7, 11) is 0. The third-order valence-electron chi connectivity index (χ3n) is 18.4. The summed E-state index contributed by atoms with van der Waals surface area (Å²) in [6, 6.07) is 24.6. The molecule has 4 aromatic rings. The monoisotopic (exact) mass is 801 g/mol. The molecule has 0 spiro atoms. The fourth-order valence-electron chi connectivity index (χ4n) is 17.6. The molecule has 0 heterocycles. The molecule has 0 radical (unpaired) electrons. The van der Waals surface area contributed by atoms with Crippen LogP contribution in [-0.2, 0) is 16.2 Å². The summed E-state index contributed by atoms with van der Waals surface area (Å²) in [5.74, 6) is 12.5. The summed E-state index contributed by atoms with van der Waals surface area (Å²) >= 11 is 0. The van der Waals surface area contributed by atoms with Gasteiger partial charge >= 0.3 is 0 Å². The van der Waals surface area contributed by atoms with Gasteiger partial charge in [0.15, 0.2) is 0 Å². The van der Waals surface area contributed by atoms with Gasteiger partial charge in [0.2, 0.25) is 0 Å². The second-order valence-electron chi connectivity index (χ2n) is 22.7. The van der Waals surface area contributed by atoms with Crippen LogP contribution in [0.4, 0.5) is 17.1 Å². The van der Waals surface area contributed by atoms with Gasteiger partial charge in [-0.25, -0.2) is 0 Å². The number of ether oxygens (including phenoxy) is 3. The molecule has 12 saturated carbocycles. The smallest absolute Gasteiger partial charge is 0.142 e. The number of hydrogen-bond donors (Lipinski definition) is 3. The number of nitrogens with two attached hydrogens (primary N) is 3. The number of anilines is 3. The highest BCUT2D eigenvalue weighted by Crippen LogP contribution is 2.73. The highest BCUT2D eigenvalue weighted by molar-refractivity contribution is 5.72. The third kappa shape index (κ3) is 5.77. The summed E-state index contributed by atoms with van der Waals surface area (Å²) in [6.07, 6.45) is 23.4. The van der Waals surface area contributed by atoms with Crippen molar-refractivity contribution in [1.29, 1.82) is 0 Å². The van der Waals surface area contributed by atoms with E-state index in [0.717, 1.165) is 105 Å². The van der Waals surface area contributed by atoms with E-state index in [-0.39, 0.29) is 16.2 Å². The van der Waals surface area contributed by atoms with Gasteiger partial charge in [0.1, 0.15) is 34.5 Å². The molecule has 312 valence electrons. The molecule has 12 aliphatic carbocycles. The first-order chi connectivity index (χ1) is 29.2. The minimum atomic E-state index is -0.0329. The van der Waals surface area contributed by atoms with Crippen LogP contribution in [0.25, 0.3) is 0 Å². The highest BCUT2D eigenvalue weighted by Gasteiger charge is 2.61. The van der Waals surface area contributed by atoms with Gasteiger partial charge in [-0.2, -0.15) is 0 Å². The van der Waals surface area contributed by atoms with E-state index in [4.69, 9.17) is 31.4 Å². The summed E-state index contributed by atoms with van der Waals surface area (Å²) in [4.78, 5) is 0. The molecule has 6 heteroatoms. The van der Waals surface area contributed by atoms with Crippen molar-refractivity contribution >= 4 is 17.1 Å². The van der Waals surface area contributed by atoms with Crippen molar-refractivity contribution in [3.63, 3.8) is 0 Å². The Balaban J connectivity index is 1.17. The molecule has 0 saturated heterocycles. The minimum Gasteiger partial charge on any atom is -0.456 e. The lowest BCUT2D eigenvalue weighted by Gasteiger charge is -2.61. The second kappa shape index (κ2) is 13.1. The van der Waals surface area contributed by atoms with Crippen LogP contribution in [0.2, 0.25) is 0 Å². The number of benzene rings is 4. The fourth-order valence-corrected chi connectivity index (χ4v) is 17.6. The number of rotatable bonds is 9. The molecule has 0 amide bonds. The van der Waals surface area contributed by atoms with E-state index in [1.807, 2.05) is 36.4 Å². The standard InChI is InChI=1S/C54H63N3O3/c55-40-1-7-43(8-2-40)58-49-46(52-22-31-13-32(23-52)15-33(14-31)24-52)50(59-44-9-3-41(56)4-10-44)48(54-28-37-19-38(29-54)21-39(20-37)30-54)51(60-45-11-5-42(57)6-12-45)47(49)53-25-34-16-35(26-53)18-36(17-34)27-53/h1-12,31-39H,13-30,55-57H2. The van der Waals surface area contributed by atoms with Crippen LogP contribution in [-0.4, -0.2) is 0 Å². The normalized spacial score (nSPS) is 38.7. The van der Waals surface area contributed by atoms with Crippen molar-refractivity contribution in [1.82, 2.24) is 0 Å². The van der Waals surface area contributed by atoms with Gasteiger partial charge in [0.25, 0.3) is 0 Å². The van der Waals surface area contributed by atoms with Gasteiger partial charge in [-0.05, 0) is 242 Å². The largest absolute Gasteiger partial charge is 0.456 e. The van der Waals surface area contributed by atoms with Crippen LogP contribution in [0.15, 0.2) is 72.8 Å². The van der Waals surface area contributed by atoms with E-state index in [0.29, 0.717) is 0 Å². The van der Waals surface area contributed by atoms with E-state index in [9.17, 15) is 0 Å². The average Bonchev–Trinajstić information content (AvgIpc) is 3.19. The minimum absolute atomic E-state index is 0.0329. The molecule has 16 rings (SSSR count). The van der Waals surface area contributed by atoms with Gasteiger partial charge in [-0.1, -0.05) is 0 Å². The van der Waals surface area contributed by atoms with Crippen LogP contribution in [0.5, 0.6) is 34.5 Å². The molecule has 0 unspecified atom stereocenters. The highest BCUT2D eigenvalue weighted by atomic mass is 16.5. The molecule has 12 fully saturated rings. The first-order valence-electron chi connectivity index (χ1n) is 24.0. The first-order valence-corrected chi connectivity index (χ1v) is 24.0. The zero-order valence-corrected chi connectivity index (χ0v) is 35.3. The Morgan fingerprint density at radius 3 is 0.667 bits per heavy atom. The molecular formula is C54H63N3O3. The van der Waals surface area contributed by atoms with Crippen LogP contribution >= 0.6 is 0 Å². The Morgan fingerprint density at radius 2 is 0.483 bits per heavy atom. The van der Waals surface area contributed by atoms with Crippen molar-refractivity contribution in [2.24, 2.45) is 53.3 Å². The van der Waals surface area contributed by atoms with Gasteiger partial charge in [-0.3, -0.25) is 0 Å².